The van der Waals surface area contributed by atoms with Crippen LogP contribution in [0.1, 0.15) is 24.2 Å². The molecule has 0 saturated heterocycles. The molecule has 2 aromatic carbocycles. The van der Waals surface area contributed by atoms with Crippen LogP contribution in [0.3, 0.4) is 0 Å². The molecule has 1 amide bonds. The lowest BCUT2D eigenvalue weighted by Gasteiger charge is -2.18. The number of hydrogen-bond acceptors (Lipinski definition) is 5. The van der Waals surface area contributed by atoms with Gasteiger partial charge in [0, 0.05) is 29.1 Å². The maximum atomic E-state index is 14.3. The number of amides is 1. The van der Waals surface area contributed by atoms with Crippen molar-refractivity contribution in [2.24, 2.45) is 0 Å². The van der Waals surface area contributed by atoms with Crippen LogP contribution in [-0.2, 0) is 10.0 Å². The van der Waals surface area contributed by atoms with Crippen LogP contribution in [0.5, 0.6) is 0 Å². The number of nitrogens with zero attached hydrogens (tertiary/aromatic N) is 2. The summed E-state index contributed by atoms with van der Waals surface area (Å²) >= 11 is 7.32. The number of anilines is 1. The van der Waals surface area contributed by atoms with Gasteiger partial charge in [-0.05, 0) is 24.3 Å². The van der Waals surface area contributed by atoms with Gasteiger partial charge < -0.3 is 0 Å². The normalized spacial score (nSPS) is 11.6. The smallest absolute Gasteiger partial charge is 0.260 e. The van der Waals surface area contributed by atoms with E-state index in [-0.39, 0.29) is 28.7 Å². The largest absolute Gasteiger partial charge is 0.298 e. The van der Waals surface area contributed by atoms with E-state index >= 15 is 0 Å². The van der Waals surface area contributed by atoms with Crippen molar-refractivity contribution in [1.29, 1.82) is 0 Å². The fourth-order valence-electron chi connectivity index (χ4n) is 2.84. The van der Waals surface area contributed by atoms with Crippen LogP contribution in [0.25, 0.3) is 11.3 Å². The van der Waals surface area contributed by atoms with Crippen molar-refractivity contribution in [3.05, 3.63) is 64.2 Å². The molecule has 158 valence electrons. The van der Waals surface area contributed by atoms with Gasteiger partial charge in [0.05, 0.1) is 16.2 Å². The van der Waals surface area contributed by atoms with Crippen LogP contribution >= 0.6 is 22.9 Å². The van der Waals surface area contributed by atoms with Gasteiger partial charge in [0.25, 0.3) is 5.91 Å². The molecule has 0 aliphatic carbocycles. The molecule has 3 rings (SSSR count). The molecule has 0 radical (unpaired) electrons. The molecular formula is C20H19ClFN3O3S2. The summed E-state index contributed by atoms with van der Waals surface area (Å²) in [4.78, 5) is 16.8. The summed E-state index contributed by atoms with van der Waals surface area (Å²) in [6, 6.07) is 10.3. The minimum absolute atomic E-state index is 0.145. The maximum Gasteiger partial charge on any atom is 0.260 e. The zero-order valence-electron chi connectivity index (χ0n) is 16.2. The molecule has 1 N–H and O–H groups in total. The Hall–Kier alpha value is -2.33. The zero-order valence-corrected chi connectivity index (χ0v) is 18.6. The third kappa shape index (κ3) is 4.54. The van der Waals surface area contributed by atoms with Crippen molar-refractivity contribution in [3.8, 4) is 11.3 Å². The predicted molar refractivity (Wildman–Crippen MR) is 117 cm³/mol. The second-order valence-electron chi connectivity index (χ2n) is 6.20. The number of benzene rings is 2. The molecule has 3 aromatic rings. The molecule has 0 aliphatic heterocycles. The van der Waals surface area contributed by atoms with E-state index in [1.165, 1.54) is 4.31 Å². The SMILES string of the molecule is CCN(CC)S(=O)(=O)c1ccc(F)c(C(=O)Nc2nc(-c3ccccc3Cl)cs2)c1. The number of aromatic nitrogens is 1. The summed E-state index contributed by atoms with van der Waals surface area (Å²) in [5, 5.41) is 5.00. The molecule has 0 fully saturated rings. The molecule has 10 heteroatoms. The van der Waals surface area contributed by atoms with E-state index in [9.17, 15) is 17.6 Å². The van der Waals surface area contributed by atoms with Gasteiger partial charge in [0.1, 0.15) is 5.82 Å². The lowest BCUT2D eigenvalue weighted by molar-refractivity contribution is 0.102. The molecular weight excluding hydrogens is 449 g/mol. The van der Waals surface area contributed by atoms with Crippen molar-refractivity contribution in [3.63, 3.8) is 0 Å². The van der Waals surface area contributed by atoms with E-state index in [0.717, 1.165) is 29.5 Å². The summed E-state index contributed by atoms with van der Waals surface area (Å²) in [7, 11) is -3.82. The first-order chi connectivity index (χ1) is 14.3. The van der Waals surface area contributed by atoms with E-state index < -0.39 is 21.7 Å². The Labute approximate surface area is 183 Å². The second kappa shape index (κ2) is 9.22. The lowest BCUT2D eigenvalue weighted by Crippen LogP contribution is -2.31. The van der Waals surface area contributed by atoms with Crippen LogP contribution in [0.2, 0.25) is 5.02 Å². The van der Waals surface area contributed by atoms with Gasteiger partial charge in [-0.3, -0.25) is 10.1 Å². The van der Waals surface area contributed by atoms with E-state index in [4.69, 9.17) is 11.6 Å². The fraction of sp³-hybridized carbons (Fsp3) is 0.200. The minimum Gasteiger partial charge on any atom is -0.298 e. The molecule has 30 heavy (non-hydrogen) atoms. The van der Waals surface area contributed by atoms with Crippen molar-refractivity contribution in [1.82, 2.24) is 9.29 Å². The van der Waals surface area contributed by atoms with Gasteiger partial charge in [-0.2, -0.15) is 4.31 Å². The minimum atomic E-state index is -3.82. The highest BCUT2D eigenvalue weighted by Gasteiger charge is 2.24. The quantitative estimate of drug-likeness (QED) is 0.536. The Bertz CT molecular complexity index is 1180. The van der Waals surface area contributed by atoms with Crippen molar-refractivity contribution < 1.29 is 17.6 Å². The number of rotatable bonds is 7. The number of halogens is 2. The lowest BCUT2D eigenvalue weighted by atomic mass is 10.2. The molecule has 6 nitrogen and oxygen atoms in total. The van der Waals surface area contributed by atoms with Crippen LogP contribution in [-0.4, -0.2) is 36.7 Å². The van der Waals surface area contributed by atoms with Crippen LogP contribution in [0, 0.1) is 5.82 Å². The number of hydrogen-bond donors (Lipinski definition) is 1. The zero-order chi connectivity index (χ0) is 21.9. The molecule has 1 heterocycles. The second-order valence-corrected chi connectivity index (χ2v) is 9.41. The van der Waals surface area contributed by atoms with Crippen molar-refractivity contribution >= 4 is 44.0 Å². The van der Waals surface area contributed by atoms with Crippen LogP contribution in [0.4, 0.5) is 9.52 Å². The first kappa shape index (κ1) is 22.4. The average molecular weight is 468 g/mol. The Morgan fingerprint density at radius 3 is 2.57 bits per heavy atom. The van der Waals surface area contributed by atoms with E-state index in [2.05, 4.69) is 10.3 Å². The van der Waals surface area contributed by atoms with Crippen molar-refractivity contribution in [2.45, 2.75) is 18.7 Å². The molecule has 0 unspecified atom stereocenters. The van der Waals surface area contributed by atoms with Gasteiger partial charge in [-0.15, -0.1) is 11.3 Å². The summed E-state index contributed by atoms with van der Waals surface area (Å²) in [5.41, 5.74) is 0.895. The fourth-order valence-corrected chi connectivity index (χ4v) is 5.26. The van der Waals surface area contributed by atoms with Gasteiger partial charge in [-0.25, -0.2) is 17.8 Å². The van der Waals surface area contributed by atoms with Crippen LogP contribution in [0.15, 0.2) is 52.7 Å². The topological polar surface area (TPSA) is 79.4 Å². The van der Waals surface area contributed by atoms with Gasteiger partial charge in [-0.1, -0.05) is 43.6 Å². The van der Waals surface area contributed by atoms with E-state index in [0.29, 0.717) is 16.3 Å². The number of sulfonamides is 1. The van der Waals surface area contributed by atoms with Gasteiger partial charge in [0.15, 0.2) is 5.13 Å². The first-order valence-corrected chi connectivity index (χ1v) is 11.8. The first-order valence-electron chi connectivity index (χ1n) is 9.09. The molecule has 0 bridgehead atoms. The van der Waals surface area contributed by atoms with Crippen LogP contribution < -0.4 is 5.32 Å². The number of thiazole rings is 1. The van der Waals surface area contributed by atoms with Crippen molar-refractivity contribution in [2.75, 3.05) is 18.4 Å². The number of carbonyl (C=O) groups excluding carboxylic acids is 1. The summed E-state index contributed by atoms with van der Waals surface area (Å²) in [6.45, 7) is 3.94. The van der Waals surface area contributed by atoms with Gasteiger partial charge in [0.2, 0.25) is 10.0 Å². The summed E-state index contributed by atoms with van der Waals surface area (Å²) in [6.07, 6.45) is 0. The summed E-state index contributed by atoms with van der Waals surface area (Å²) in [5.74, 6) is -1.61. The average Bonchev–Trinajstić information content (AvgIpc) is 3.17. The highest BCUT2D eigenvalue weighted by molar-refractivity contribution is 7.89. The number of nitrogens with one attached hydrogen (secondary N) is 1. The standard InChI is InChI=1S/C20H19ClFN3O3S2/c1-3-25(4-2)30(27,28)13-9-10-17(22)15(11-13)19(26)24-20-23-18(12-29-20)14-7-5-6-8-16(14)21/h5-12H,3-4H2,1-2H3,(H,23,24,26). The van der Waals surface area contributed by atoms with E-state index in [1.807, 2.05) is 6.07 Å². The Balaban J connectivity index is 1.87. The highest BCUT2D eigenvalue weighted by atomic mass is 35.5. The van der Waals surface area contributed by atoms with E-state index in [1.54, 1.807) is 37.4 Å². The monoisotopic (exact) mass is 467 g/mol. The third-order valence-electron chi connectivity index (χ3n) is 4.40. The molecule has 0 spiro atoms. The molecule has 0 saturated carbocycles. The Morgan fingerprint density at radius 2 is 1.90 bits per heavy atom. The van der Waals surface area contributed by atoms with Gasteiger partial charge >= 0.3 is 0 Å². The highest BCUT2D eigenvalue weighted by Crippen LogP contribution is 2.30. The summed E-state index contributed by atoms with van der Waals surface area (Å²) < 4.78 is 40.9. The predicted octanol–water partition coefficient (Wildman–Crippen LogP) is 4.89. The Kier molecular flexibility index (Phi) is 6.87. The Morgan fingerprint density at radius 1 is 1.20 bits per heavy atom. The number of carbonyl (C=O) groups is 1. The third-order valence-corrected chi connectivity index (χ3v) is 7.53. The maximum absolute atomic E-state index is 14.3. The molecule has 1 aromatic heterocycles. The molecule has 0 atom stereocenters. The molecule has 0 aliphatic rings.